The lowest BCUT2D eigenvalue weighted by Crippen LogP contribution is -1.99. The zero-order chi connectivity index (χ0) is 13.1. The van der Waals surface area contributed by atoms with E-state index in [0.29, 0.717) is 24.3 Å². The number of ether oxygens (including phenoxy) is 1. The first-order valence-corrected chi connectivity index (χ1v) is 6.08. The van der Waals surface area contributed by atoms with Gasteiger partial charge in [-0.1, -0.05) is 26.0 Å². The van der Waals surface area contributed by atoms with Gasteiger partial charge in [0.1, 0.15) is 5.75 Å². The summed E-state index contributed by atoms with van der Waals surface area (Å²) in [5.74, 6) is 2.42. The molecule has 0 aliphatic carbocycles. The van der Waals surface area contributed by atoms with E-state index in [1.54, 1.807) is 6.92 Å². The van der Waals surface area contributed by atoms with Gasteiger partial charge in [0.25, 0.3) is 5.89 Å². The predicted octanol–water partition coefficient (Wildman–Crippen LogP) is 3.39. The van der Waals surface area contributed by atoms with Crippen molar-refractivity contribution in [3.05, 3.63) is 41.1 Å². The summed E-state index contributed by atoms with van der Waals surface area (Å²) in [7, 11) is 0. The molecule has 0 radical (unpaired) electrons. The van der Waals surface area contributed by atoms with Gasteiger partial charge in [0.15, 0.2) is 6.61 Å². The summed E-state index contributed by atoms with van der Waals surface area (Å²) in [5.41, 5.74) is 2.37. The molecule has 0 aliphatic heterocycles. The van der Waals surface area contributed by atoms with Crippen molar-refractivity contribution in [2.24, 2.45) is 0 Å². The number of aromatic nitrogens is 2. The molecule has 96 valence electrons. The van der Waals surface area contributed by atoms with Crippen LogP contribution in [0.4, 0.5) is 0 Å². The fraction of sp³-hybridized carbons (Fsp3) is 0.429. The van der Waals surface area contributed by atoms with Crippen LogP contribution in [0, 0.1) is 13.8 Å². The minimum Gasteiger partial charge on any atom is -0.484 e. The molecule has 1 heterocycles. The molecule has 0 saturated carbocycles. The summed E-state index contributed by atoms with van der Waals surface area (Å²) in [6.07, 6.45) is 0. The van der Waals surface area contributed by atoms with E-state index in [0.717, 1.165) is 11.3 Å². The van der Waals surface area contributed by atoms with E-state index in [2.05, 4.69) is 42.2 Å². The van der Waals surface area contributed by atoms with Gasteiger partial charge in [0.2, 0.25) is 5.89 Å². The Hall–Kier alpha value is -1.84. The topological polar surface area (TPSA) is 48.2 Å². The fourth-order valence-electron chi connectivity index (χ4n) is 1.67. The Balaban J connectivity index is 2.10. The number of nitrogens with zero attached hydrogens (tertiary/aromatic N) is 2. The van der Waals surface area contributed by atoms with Gasteiger partial charge in [-0.25, -0.2) is 0 Å². The van der Waals surface area contributed by atoms with Crippen molar-refractivity contribution < 1.29 is 9.15 Å². The maximum absolute atomic E-state index is 5.73. The fourth-order valence-corrected chi connectivity index (χ4v) is 1.67. The summed E-state index contributed by atoms with van der Waals surface area (Å²) >= 11 is 0. The second kappa shape index (κ2) is 5.21. The Kier molecular flexibility index (Phi) is 3.65. The van der Waals surface area contributed by atoms with E-state index < -0.39 is 0 Å². The zero-order valence-electron chi connectivity index (χ0n) is 11.2. The van der Waals surface area contributed by atoms with E-state index in [9.17, 15) is 0 Å². The SMILES string of the molecule is Cc1nnc(COc2cc(C(C)C)ccc2C)o1. The number of benzene rings is 1. The molecule has 4 heteroatoms. The third kappa shape index (κ3) is 2.88. The van der Waals surface area contributed by atoms with Crippen molar-refractivity contribution in [2.45, 2.75) is 40.2 Å². The highest BCUT2D eigenvalue weighted by atomic mass is 16.5. The van der Waals surface area contributed by atoms with Crippen molar-refractivity contribution in [1.29, 1.82) is 0 Å². The number of aryl methyl sites for hydroxylation is 2. The van der Waals surface area contributed by atoms with Gasteiger partial charge < -0.3 is 9.15 Å². The molecular weight excluding hydrogens is 228 g/mol. The van der Waals surface area contributed by atoms with Crippen molar-refractivity contribution in [3.63, 3.8) is 0 Å². The van der Waals surface area contributed by atoms with Crippen molar-refractivity contribution in [3.8, 4) is 5.75 Å². The lowest BCUT2D eigenvalue weighted by Gasteiger charge is -2.11. The van der Waals surface area contributed by atoms with Crippen LogP contribution in [0.1, 0.15) is 42.7 Å². The maximum Gasteiger partial charge on any atom is 0.253 e. The minimum atomic E-state index is 0.309. The summed E-state index contributed by atoms with van der Waals surface area (Å²) in [5, 5.41) is 7.68. The highest BCUT2D eigenvalue weighted by Gasteiger charge is 2.07. The van der Waals surface area contributed by atoms with E-state index in [1.165, 1.54) is 5.56 Å². The Morgan fingerprint density at radius 3 is 2.61 bits per heavy atom. The molecule has 2 aromatic rings. The third-order valence-electron chi connectivity index (χ3n) is 2.80. The smallest absolute Gasteiger partial charge is 0.253 e. The van der Waals surface area contributed by atoms with E-state index in [1.807, 2.05) is 6.92 Å². The molecular formula is C14H18N2O2. The Labute approximate surface area is 107 Å². The number of hydrogen-bond acceptors (Lipinski definition) is 4. The predicted molar refractivity (Wildman–Crippen MR) is 68.6 cm³/mol. The average Bonchev–Trinajstić information content (AvgIpc) is 2.74. The van der Waals surface area contributed by atoms with Crippen LogP contribution in [-0.4, -0.2) is 10.2 Å². The molecule has 2 rings (SSSR count). The molecule has 0 spiro atoms. The van der Waals surface area contributed by atoms with Crippen LogP contribution < -0.4 is 4.74 Å². The van der Waals surface area contributed by atoms with Crippen molar-refractivity contribution in [1.82, 2.24) is 10.2 Å². The van der Waals surface area contributed by atoms with Gasteiger partial charge in [-0.05, 0) is 30.0 Å². The second-order valence-electron chi connectivity index (χ2n) is 4.68. The quantitative estimate of drug-likeness (QED) is 0.829. The summed E-state index contributed by atoms with van der Waals surface area (Å²) in [4.78, 5) is 0. The van der Waals surface area contributed by atoms with E-state index in [4.69, 9.17) is 9.15 Å². The first kappa shape index (κ1) is 12.6. The highest BCUT2D eigenvalue weighted by Crippen LogP contribution is 2.24. The standard InChI is InChI=1S/C14H18N2O2/c1-9(2)12-6-5-10(3)13(7-12)17-8-14-16-15-11(4)18-14/h5-7,9H,8H2,1-4H3. The molecule has 1 aromatic carbocycles. The summed E-state index contributed by atoms with van der Waals surface area (Å²) in [6, 6.07) is 6.27. The highest BCUT2D eigenvalue weighted by molar-refractivity contribution is 5.37. The van der Waals surface area contributed by atoms with Gasteiger partial charge in [-0.15, -0.1) is 10.2 Å². The van der Waals surface area contributed by atoms with E-state index >= 15 is 0 Å². The first-order valence-electron chi connectivity index (χ1n) is 6.08. The largest absolute Gasteiger partial charge is 0.484 e. The van der Waals surface area contributed by atoms with Gasteiger partial charge in [0.05, 0.1) is 0 Å². The molecule has 18 heavy (non-hydrogen) atoms. The number of rotatable bonds is 4. The summed E-state index contributed by atoms with van der Waals surface area (Å²) in [6.45, 7) is 8.43. The molecule has 0 N–H and O–H groups in total. The molecule has 1 aromatic heterocycles. The van der Waals surface area contributed by atoms with Crippen LogP contribution in [0.25, 0.3) is 0 Å². The van der Waals surface area contributed by atoms with Crippen LogP contribution in [0.5, 0.6) is 5.75 Å². The Morgan fingerprint density at radius 2 is 2.00 bits per heavy atom. The number of hydrogen-bond donors (Lipinski definition) is 0. The van der Waals surface area contributed by atoms with Gasteiger partial charge >= 0.3 is 0 Å². The average molecular weight is 246 g/mol. The Morgan fingerprint density at radius 1 is 1.22 bits per heavy atom. The van der Waals surface area contributed by atoms with Crippen molar-refractivity contribution >= 4 is 0 Å². The lowest BCUT2D eigenvalue weighted by molar-refractivity contribution is 0.258. The molecule has 0 saturated heterocycles. The molecule has 0 unspecified atom stereocenters. The maximum atomic E-state index is 5.73. The first-order chi connectivity index (χ1) is 8.56. The lowest BCUT2D eigenvalue weighted by atomic mass is 10.0. The van der Waals surface area contributed by atoms with Gasteiger partial charge in [-0.3, -0.25) is 0 Å². The van der Waals surface area contributed by atoms with Gasteiger partial charge in [-0.2, -0.15) is 0 Å². The van der Waals surface area contributed by atoms with Crippen LogP contribution in [0.3, 0.4) is 0 Å². The van der Waals surface area contributed by atoms with Crippen LogP contribution in [0.2, 0.25) is 0 Å². The Bertz CT molecular complexity index is 532. The molecule has 0 bridgehead atoms. The van der Waals surface area contributed by atoms with Crippen LogP contribution in [0.15, 0.2) is 22.6 Å². The molecule has 0 amide bonds. The third-order valence-corrected chi connectivity index (χ3v) is 2.80. The normalized spacial score (nSPS) is 10.9. The van der Waals surface area contributed by atoms with Crippen LogP contribution >= 0.6 is 0 Å². The van der Waals surface area contributed by atoms with Crippen molar-refractivity contribution in [2.75, 3.05) is 0 Å². The monoisotopic (exact) mass is 246 g/mol. The van der Waals surface area contributed by atoms with Crippen LogP contribution in [-0.2, 0) is 6.61 Å². The molecule has 0 aliphatic rings. The summed E-state index contributed by atoms with van der Waals surface area (Å²) < 4.78 is 11.0. The van der Waals surface area contributed by atoms with E-state index in [-0.39, 0.29) is 0 Å². The second-order valence-corrected chi connectivity index (χ2v) is 4.68. The molecule has 0 atom stereocenters. The minimum absolute atomic E-state index is 0.309. The molecule has 4 nitrogen and oxygen atoms in total. The zero-order valence-corrected chi connectivity index (χ0v) is 11.2. The van der Waals surface area contributed by atoms with Gasteiger partial charge in [0, 0.05) is 6.92 Å². The molecule has 0 fully saturated rings.